The lowest BCUT2D eigenvalue weighted by atomic mass is 10.1. The minimum atomic E-state index is -1.46. The summed E-state index contributed by atoms with van der Waals surface area (Å²) in [5.41, 5.74) is -0.893. The van der Waals surface area contributed by atoms with Gasteiger partial charge in [0.05, 0.1) is 30.8 Å². The first-order chi connectivity index (χ1) is 15.4. The van der Waals surface area contributed by atoms with E-state index in [0.29, 0.717) is 5.71 Å². The number of aromatic carboxylic acids is 1. The largest absolute Gasteiger partial charge is 0.477 e. The van der Waals surface area contributed by atoms with Gasteiger partial charge >= 0.3 is 5.97 Å². The van der Waals surface area contributed by atoms with Crippen molar-refractivity contribution in [2.45, 2.75) is 6.10 Å². The van der Waals surface area contributed by atoms with Crippen molar-refractivity contribution in [2.24, 2.45) is 10.3 Å². The van der Waals surface area contributed by atoms with Crippen molar-refractivity contribution in [1.82, 2.24) is 18.9 Å². The number of pyridine rings is 2. The van der Waals surface area contributed by atoms with Gasteiger partial charge in [-0.15, -0.1) is 0 Å². The number of nitrogens with zero attached hydrogens (tertiary/aromatic N) is 7. The molecule has 0 aliphatic carbocycles. The number of halogens is 1. The van der Waals surface area contributed by atoms with E-state index in [1.807, 2.05) is 0 Å². The molecule has 3 aromatic rings. The van der Waals surface area contributed by atoms with Gasteiger partial charge in [0.25, 0.3) is 0 Å². The molecule has 1 fully saturated rings. The Labute approximate surface area is 181 Å². The number of fused-ring (bicyclic) bond motifs is 1. The lowest BCUT2D eigenvalue weighted by molar-refractivity contribution is 0.0220. The maximum absolute atomic E-state index is 14.8. The first-order valence-corrected chi connectivity index (χ1v) is 9.83. The van der Waals surface area contributed by atoms with E-state index in [-0.39, 0.29) is 41.6 Å². The molecule has 0 radical (unpaired) electrons. The molecule has 166 valence electrons. The number of carboxylic acids is 1. The predicted octanol–water partition coefficient (Wildman–Crippen LogP) is 0.394. The number of carbonyl (C=O) groups is 1. The second-order valence-corrected chi connectivity index (χ2v) is 7.43. The van der Waals surface area contributed by atoms with Crippen LogP contribution in [0.15, 0.2) is 33.7 Å². The smallest absolute Gasteiger partial charge is 0.341 e. The number of hydrogen-bond acceptors (Lipinski definition) is 12. The molecule has 2 N–H and O–H groups in total. The van der Waals surface area contributed by atoms with Gasteiger partial charge in [0.1, 0.15) is 18.4 Å². The molecule has 15 heteroatoms. The Hall–Kier alpha value is -3.85. The normalized spacial score (nSPS) is 14.2. The third kappa shape index (κ3) is 3.90. The molecule has 1 atom stereocenters. The number of carboxylic acid groups (broad SMARTS) is 1. The van der Waals surface area contributed by atoms with E-state index in [2.05, 4.69) is 24.7 Å². The zero-order valence-electron chi connectivity index (χ0n) is 16.1. The zero-order chi connectivity index (χ0) is 22.8. The predicted molar refractivity (Wildman–Crippen MR) is 110 cm³/mol. The Morgan fingerprint density at radius 2 is 2.19 bits per heavy atom. The third-order valence-corrected chi connectivity index (χ3v) is 5.22. The van der Waals surface area contributed by atoms with Crippen LogP contribution in [0.2, 0.25) is 0 Å². The standard InChI is InChI=1S/C17H14FN7O6S/c18-12-1-10-13(27)11(16(28)29)5-25(17-19-7-21-32-17)14(10)22-15(12)24-3-8(4-24)23-31-9(6-26)2-20-30/h1,5,7,9,26H,2-4,6H2,(H,28,29). The maximum Gasteiger partial charge on any atom is 0.341 e. The number of aliphatic hydroxyl groups is 1. The summed E-state index contributed by atoms with van der Waals surface area (Å²) in [6, 6.07) is 0.938. The number of rotatable bonds is 8. The number of anilines is 1. The summed E-state index contributed by atoms with van der Waals surface area (Å²) in [6.07, 6.45) is 1.47. The van der Waals surface area contributed by atoms with Crippen LogP contribution in [0, 0.1) is 10.7 Å². The van der Waals surface area contributed by atoms with Crippen molar-refractivity contribution in [2.75, 3.05) is 31.1 Å². The van der Waals surface area contributed by atoms with Crippen LogP contribution < -0.4 is 10.3 Å². The molecule has 0 aromatic carbocycles. The highest BCUT2D eigenvalue weighted by atomic mass is 32.1. The van der Waals surface area contributed by atoms with E-state index >= 15 is 0 Å². The van der Waals surface area contributed by atoms with Crippen molar-refractivity contribution >= 4 is 40.1 Å². The molecule has 0 saturated carbocycles. The number of oxime groups is 1. The Kier molecular flexibility index (Phi) is 5.83. The minimum absolute atomic E-state index is 0.0205. The topological polar surface area (TPSA) is 172 Å². The van der Waals surface area contributed by atoms with E-state index in [9.17, 15) is 24.0 Å². The van der Waals surface area contributed by atoms with Crippen molar-refractivity contribution < 1.29 is 24.2 Å². The molecule has 3 aromatic heterocycles. The number of nitroso groups, excluding NO2 is 1. The van der Waals surface area contributed by atoms with Crippen molar-refractivity contribution in [3.63, 3.8) is 0 Å². The quantitative estimate of drug-likeness (QED) is 0.351. The van der Waals surface area contributed by atoms with E-state index < -0.39 is 35.5 Å². The molecule has 0 bridgehead atoms. The number of hydrogen-bond donors (Lipinski definition) is 2. The summed E-state index contributed by atoms with van der Waals surface area (Å²) < 4.78 is 19.9. The first kappa shape index (κ1) is 21.4. The maximum atomic E-state index is 14.8. The Balaban J connectivity index is 1.69. The average Bonchev–Trinajstić information content (AvgIpc) is 3.27. The number of aliphatic hydroxyl groups excluding tert-OH is 1. The molecule has 1 unspecified atom stereocenters. The lowest BCUT2D eigenvalue weighted by Crippen LogP contribution is -2.48. The SMILES string of the molecule is O=NCC(CO)ON=C1CN(c2nc3c(cc2F)c(=O)c(C(=O)O)cn3-c2ncns2)C1. The monoisotopic (exact) mass is 463 g/mol. The molecule has 0 spiro atoms. The van der Waals surface area contributed by atoms with Gasteiger partial charge in [-0.05, 0) is 6.07 Å². The minimum Gasteiger partial charge on any atom is -0.477 e. The van der Waals surface area contributed by atoms with Gasteiger partial charge < -0.3 is 20.0 Å². The molecular formula is C17H14FN7O6S. The molecule has 1 aliphatic rings. The highest BCUT2D eigenvalue weighted by molar-refractivity contribution is 7.08. The van der Waals surface area contributed by atoms with Gasteiger partial charge in [-0.3, -0.25) is 9.36 Å². The van der Waals surface area contributed by atoms with Gasteiger partial charge in [-0.2, -0.15) is 9.28 Å². The van der Waals surface area contributed by atoms with Gasteiger partial charge in [0.2, 0.25) is 10.6 Å². The number of aromatic nitrogens is 4. The molecule has 32 heavy (non-hydrogen) atoms. The van der Waals surface area contributed by atoms with Gasteiger partial charge in [0.15, 0.2) is 23.4 Å². The molecule has 4 rings (SSSR count). The van der Waals surface area contributed by atoms with E-state index in [1.54, 1.807) is 0 Å². The Morgan fingerprint density at radius 1 is 1.41 bits per heavy atom. The first-order valence-electron chi connectivity index (χ1n) is 9.05. The Morgan fingerprint density at radius 3 is 2.81 bits per heavy atom. The van der Waals surface area contributed by atoms with Gasteiger partial charge in [-0.25, -0.2) is 19.2 Å². The molecule has 1 aliphatic heterocycles. The van der Waals surface area contributed by atoms with Crippen molar-refractivity contribution in [1.29, 1.82) is 0 Å². The lowest BCUT2D eigenvalue weighted by Gasteiger charge is -2.33. The van der Waals surface area contributed by atoms with Gasteiger partial charge in [-0.1, -0.05) is 10.3 Å². The fourth-order valence-electron chi connectivity index (χ4n) is 2.97. The zero-order valence-corrected chi connectivity index (χ0v) is 16.9. The molecule has 1 saturated heterocycles. The fraction of sp³-hybridized carbons (Fsp3) is 0.294. The molecular weight excluding hydrogens is 449 g/mol. The fourth-order valence-corrected chi connectivity index (χ4v) is 3.48. The summed E-state index contributed by atoms with van der Waals surface area (Å²) >= 11 is 0.945. The van der Waals surface area contributed by atoms with Crippen LogP contribution in [0.1, 0.15) is 10.4 Å². The highest BCUT2D eigenvalue weighted by Crippen LogP contribution is 2.26. The second kappa shape index (κ2) is 8.72. The third-order valence-electron chi connectivity index (χ3n) is 4.56. The second-order valence-electron chi connectivity index (χ2n) is 6.67. The highest BCUT2D eigenvalue weighted by Gasteiger charge is 2.29. The van der Waals surface area contributed by atoms with E-state index in [4.69, 9.17) is 9.94 Å². The van der Waals surface area contributed by atoms with Crippen LogP contribution >= 0.6 is 11.5 Å². The van der Waals surface area contributed by atoms with Crippen molar-refractivity contribution in [3.8, 4) is 5.13 Å². The van der Waals surface area contributed by atoms with Crippen LogP contribution in [0.4, 0.5) is 10.2 Å². The summed E-state index contributed by atoms with van der Waals surface area (Å²) in [5, 5.41) is 24.9. The van der Waals surface area contributed by atoms with Gasteiger partial charge in [0, 0.05) is 17.7 Å². The van der Waals surface area contributed by atoms with E-state index in [0.717, 1.165) is 23.8 Å². The van der Waals surface area contributed by atoms with Crippen LogP contribution in [0.3, 0.4) is 0 Å². The summed E-state index contributed by atoms with van der Waals surface area (Å²) in [4.78, 5) is 49.1. The van der Waals surface area contributed by atoms with E-state index in [1.165, 1.54) is 15.8 Å². The summed E-state index contributed by atoms with van der Waals surface area (Å²) in [7, 11) is 0. The summed E-state index contributed by atoms with van der Waals surface area (Å²) in [6.45, 7) is -0.398. The van der Waals surface area contributed by atoms with Crippen LogP contribution in [-0.4, -0.2) is 73.1 Å². The van der Waals surface area contributed by atoms with Crippen LogP contribution in [0.5, 0.6) is 0 Å². The molecule has 4 heterocycles. The Bertz CT molecular complexity index is 1270. The average molecular weight is 463 g/mol. The summed E-state index contributed by atoms with van der Waals surface area (Å²) in [5.74, 6) is -2.36. The molecule has 13 nitrogen and oxygen atoms in total. The van der Waals surface area contributed by atoms with Crippen LogP contribution in [-0.2, 0) is 4.84 Å². The molecule has 0 amide bonds. The van der Waals surface area contributed by atoms with Crippen LogP contribution in [0.25, 0.3) is 16.2 Å². The van der Waals surface area contributed by atoms with Crippen molar-refractivity contribution in [3.05, 3.63) is 45.1 Å².